The molecule has 0 aromatic heterocycles. The van der Waals surface area contributed by atoms with Crippen LogP contribution in [0.15, 0.2) is 12.1 Å². The normalized spacial score (nSPS) is 11.1. The summed E-state index contributed by atoms with van der Waals surface area (Å²) in [7, 11) is 4.65. The van der Waals surface area contributed by atoms with Crippen LogP contribution in [0.1, 0.15) is 26.7 Å². The Morgan fingerprint density at radius 1 is 0.950 bits per heavy atom. The molecule has 0 heterocycles. The molecule has 5 heteroatoms. The molecule has 114 valence electrons. The number of rotatable bonds is 8. The van der Waals surface area contributed by atoms with Gasteiger partial charge in [-0.15, -0.1) is 0 Å². The second-order valence-corrected chi connectivity index (χ2v) is 4.58. The lowest BCUT2D eigenvalue weighted by Gasteiger charge is -2.25. The molecule has 5 nitrogen and oxygen atoms in total. The number of methoxy groups -OCH3 is 3. The lowest BCUT2D eigenvalue weighted by molar-refractivity contribution is -0.0114. The summed E-state index contributed by atoms with van der Waals surface area (Å²) in [6.45, 7) is 4.09. The van der Waals surface area contributed by atoms with Crippen molar-refractivity contribution in [1.82, 2.24) is 0 Å². The highest BCUT2D eigenvalue weighted by Gasteiger charge is 2.24. The molecule has 0 spiro atoms. The second-order valence-electron chi connectivity index (χ2n) is 4.58. The van der Waals surface area contributed by atoms with Crippen molar-refractivity contribution >= 4 is 0 Å². The summed E-state index contributed by atoms with van der Waals surface area (Å²) in [6.07, 6.45) is 1.27. The standard InChI is InChI=1S/C15H24O5/c1-6-15(16,7-2)10-20-11-8-12(17-3)14(19-5)13(9-11)18-4/h8-9,16H,6-7,10H2,1-5H3. The van der Waals surface area contributed by atoms with Crippen LogP contribution in [-0.4, -0.2) is 38.6 Å². The van der Waals surface area contributed by atoms with Crippen LogP contribution < -0.4 is 18.9 Å². The van der Waals surface area contributed by atoms with Gasteiger partial charge in [-0.05, 0) is 12.8 Å². The third-order valence-corrected chi connectivity index (χ3v) is 3.46. The Bertz CT molecular complexity index is 401. The first-order valence-electron chi connectivity index (χ1n) is 6.68. The minimum Gasteiger partial charge on any atom is -0.493 e. The van der Waals surface area contributed by atoms with Crippen molar-refractivity contribution in [3.05, 3.63) is 12.1 Å². The van der Waals surface area contributed by atoms with Crippen molar-refractivity contribution in [3.63, 3.8) is 0 Å². The fourth-order valence-corrected chi connectivity index (χ4v) is 1.81. The zero-order chi connectivity index (χ0) is 15.2. The van der Waals surface area contributed by atoms with Gasteiger partial charge < -0.3 is 24.1 Å². The van der Waals surface area contributed by atoms with E-state index in [0.717, 1.165) is 0 Å². The van der Waals surface area contributed by atoms with E-state index in [0.29, 0.717) is 35.8 Å². The molecule has 0 saturated heterocycles. The Morgan fingerprint density at radius 3 is 1.80 bits per heavy atom. The van der Waals surface area contributed by atoms with E-state index in [1.54, 1.807) is 33.5 Å². The lowest BCUT2D eigenvalue weighted by Crippen LogP contribution is -2.34. The van der Waals surface area contributed by atoms with Gasteiger partial charge in [-0.2, -0.15) is 0 Å². The molecule has 20 heavy (non-hydrogen) atoms. The Balaban J connectivity index is 2.96. The monoisotopic (exact) mass is 284 g/mol. The maximum absolute atomic E-state index is 10.2. The van der Waals surface area contributed by atoms with E-state index in [9.17, 15) is 5.11 Å². The Morgan fingerprint density at radius 2 is 1.45 bits per heavy atom. The van der Waals surface area contributed by atoms with Crippen LogP contribution in [0.5, 0.6) is 23.0 Å². The minimum absolute atomic E-state index is 0.221. The van der Waals surface area contributed by atoms with E-state index in [2.05, 4.69) is 0 Å². The van der Waals surface area contributed by atoms with Gasteiger partial charge in [-0.3, -0.25) is 0 Å². The highest BCUT2D eigenvalue weighted by molar-refractivity contribution is 5.55. The average Bonchev–Trinajstić information content (AvgIpc) is 2.51. The number of ether oxygens (including phenoxy) is 4. The number of hydrogen-bond acceptors (Lipinski definition) is 5. The summed E-state index contributed by atoms with van der Waals surface area (Å²) in [5.74, 6) is 2.14. The van der Waals surface area contributed by atoms with E-state index in [1.807, 2.05) is 13.8 Å². The summed E-state index contributed by atoms with van der Waals surface area (Å²) in [4.78, 5) is 0. The maximum atomic E-state index is 10.2. The van der Waals surface area contributed by atoms with Crippen LogP contribution in [0.4, 0.5) is 0 Å². The van der Waals surface area contributed by atoms with Gasteiger partial charge in [-0.1, -0.05) is 13.8 Å². The van der Waals surface area contributed by atoms with Crippen molar-refractivity contribution in [2.75, 3.05) is 27.9 Å². The molecule has 0 amide bonds. The summed E-state index contributed by atoms with van der Waals surface area (Å²) in [5.41, 5.74) is -0.819. The maximum Gasteiger partial charge on any atom is 0.203 e. The molecular weight excluding hydrogens is 260 g/mol. The van der Waals surface area contributed by atoms with Crippen LogP contribution >= 0.6 is 0 Å². The van der Waals surface area contributed by atoms with Crippen LogP contribution in [0.25, 0.3) is 0 Å². The molecule has 0 atom stereocenters. The van der Waals surface area contributed by atoms with Crippen molar-refractivity contribution in [3.8, 4) is 23.0 Å². The lowest BCUT2D eigenvalue weighted by atomic mass is 9.99. The van der Waals surface area contributed by atoms with Crippen molar-refractivity contribution in [2.45, 2.75) is 32.3 Å². The van der Waals surface area contributed by atoms with Gasteiger partial charge in [0.05, 0.1) is 26.9 Å². The zero-order valence-electron chi connectivity index (χ0n) is 12.9. The van der Waals surface area contributed by atoms with Crippen LogP contribution in [0.3, 0.4) is 0 Å². The van der Waals surface area contributed by atoms with E-state index < -0.39 is 5.60 Å². The molecule has 1 aromatic rings. The summed E-state index contributed by atoms with van der Waals surface area (Å²) in [6, 6.07) is 3.43. The summed E-state index contributed by atoms with van der Waals surface area (Å²) < 4.78 is 21.4. The van der Waals surface area contributed by atoms with Gasteiger partial charge in [0, 0.05) is 12.1 Å². The first-order chi connectivity index (χ1) is 9.53. The molecule has 1 aromatic carbocycles. The number of aliphatic hydroxyl groups is 1. The first-order valence-corrected chi connectivity index (χ1v) is 6.68. The van der Waals surface area contributed by atoms with E-state index in [4.69, 9.17) is 18.9 Å². The molecule has 0 aliphatic carbocycles. The van der Waals surface area contributed by atoms with Crippen LogP contribution in [-0.2, 0) is 0 Å². The van der Waals surface area contributed by atoms with Gasteiger partial charge in [0.15, 0.2) is 11.5 Å². The number of benzene rings is 1. The predicted octanol–water partition coefficient (Wildman–Crippen LogP) is 2.64. The molecular formula is C15H24O5. The molecule has 0 aliphatic heterocycles. The zero-order valence-corrected chi connectivity index (χ0v) is 12.9. The van der Waals surface area contributed by atoms with Crippen LogP contribution in [0.2, 0.25) is 0 Å². The van der Waals surface area contributed by atoms with Gasteiger partial charge in [-0.25, -0.2) is 0 Å². The van der Waals surface area contributed by atoms with Gasteiger partial charge in [0.1, 0.15) is 12.4 Å². The first kappa shape index (κ1) is 16.4. The van der Waals surface area contributed by atoms with E-state index in [1.165, 1.54) is 0 Å². The molecule has 0 aliphatic rings. The largest absolute Gasteiger partial charge is 0.493 e. The van der Waals surface area contributed by atoms with Gasteiger partial charge in [0.2, 0.25) is 5.75 Å². The Labute approximate surface area is 120 Å². The van der Waals surface area contributed by atoms with Gasteiger partial charge >= 0.3 is 0 Å². The fraction of sp³-hybridized carbons (Fsp3) is 0.600. The summed E-state index contributed by atoms with van der Waals surface area (Å²) in [5, 5.41) is 10.2. The molecule has 0 radical (unpaired) electrons. The fourth-order valence-electron chi connectivity index (χ4n) is 1.81. The predicted molar refractivity (Wildman–Crippen MR) is 77.1 cm³/mol. The van der Waals surface area contributed by atoms with Crippen molar-refractivity contribution in [1.29, 1.82) is 0 Å². The smallest absolute Gasteiger partial charge is 0.203 e. The molecule has 0 saturated carbocycles. The Hall–Kier alpha value is -1.62. The van der Waals surface area contributed by atoms with Crippen molar-refractivity contribution < 1.29 is 24.1 Å². The molecule has 0 fully saturated rings. The minimum atomic E-state index is -0.819. The van der Waals surface area contributed by atoms with E-state index in [-0.39, 0.29) is 6.61 Å². The molecule has 1 rings (SSSR count). The topological polar surface area (TPSA) is 57.2 Å². The molecule has 1 N–H and O–H groups in total. The molecule has 0 bridgehead atoms. The summed E-state index contributed by atoms with van der Waals surface area (Å²) >= 11 is 0. The van der Waals surface area contributed by atoms with Crippen molar-refractivity contribution in [2.24, 2.45) is 0 Å². The Kier molecular flexibility index (Phi) is 5.95. The SMILES string of the molecule is CCC(O)(CC)COc1cc(OC)c(OC)c(OC)c1. The highest BCUT2D eigenvalue weighted by atomic mass is 16.5. The second kappa shape index (κ2) is 7.24. The highest BCUT2D eigenvalue weighted by Crippen LogP contribution is 2.41. The van der Waals surface area contributed by atoms with Gasteiger partial charge in [0.25, 0.3) is 0 Å². The van der Waals surface area contributed by atoms with E-state index >= 15 is 0 Å². The third-order valence-electron chi connectivity index (χ3n) is 3.46. The quantitative estimate of drug-likeness (QED) is 0.795. The number of hydrogen-bond donors (Lipinski definition) is 1. The van der Waals surface area contributed by atoms with Crippen LogP contribution in [0, 0.1) is 0 Å². The molecule has 0 unspecified atom stereocenters. The third kappa shape index (κ3) is 3.70. The average molecular weight is 284 g/mol.